The summed E-state index contributed by atoms with van der Waals surface area (Å²) in [4.78, 5) is 0. The number of ether oxygens (including phenoxy) is 1. The Kier molecular flexibility index (Phi) is 3.95. The van der Waals surface area contributed by atoms with E-state index in [1.165, 1.54) is 5.39 Å². The zero-order valence-electron chi connectivity index (χ0n) is 10.6. The molecule has 100 valence electrons. The zero-order valence-corrected chi connectivity index (χ0v) is 13.0. The average Bonchev–Trinajstić information content (AvgIpc) is 2.49. The quantitative estimate of drug-likeness (QED) is 0.514. The van der Waals surface area contributed by atoms with Crippen molar-refractivity contribution in [2.75, 3.05) is 0 Å². The van der Waals surface area contributed by atoms with Crippen molar-refractivity contribution in [2.45, 2.75) is 5.33 Å². The van der Waals surface area contributed by atoms with Crippen molar-refractivity contribution in [3.05, 3.63) is 71.2 Å². The van der Waals surface area contributed by atoms with E-state index in [9.17, 15) is 0 Å². The molecule has 0 bridgehead atoms. The molecule has 0 spiro atoms. The SMILES string of the molecule is Clc1cccc(CBr)c1Oc1ccc2ccccc2c1. The molecular formula is C17H12BrClO. The van der Waals surface area contributed by atoms with Gasteiger partial charge in [-0.05, 0) is 29.0 Å². The minimum atomic E-state index is 0.620. The van der Waals surface area contributed by atoms with Crippen LogP contribution in [0.2, 0.25) is 5.02 Å². The number of hydrogen-bond donors (Lipinski definition) is 0. The molecule has 0 aliphatic carbocycles. The van der Waals surface area contributed by atoms with Crippen LogP contribution in [-0.2, 0) is 5.33 Å². The van der Waals surface area contributed by atoms with Gasteiger partial charge in [0.05, 0.1) is 5.02 Å². The van der Waals surface area contributed by atoms with Crippen LogP contribution >= 0.6 is 27.5 Å². The molecule has 0 heterocycles. The van der Waals surface area contributed by atoms with Gasteiger partial charge in [-0.1, -0.05) is 70.0 Å². The zero-order chi connectivity index (χ0) is 13.9. The number of alkyl halides is 1. The first-order valence-corrected chi connectivity index (χ1v) is 7.78. The fourth-order valence-electron chi connectivity index (χ4n) is 2.12. The lowest BCUT2D eigenvalue weighted by molar-refractivity contribution is 0.479. The molecule has 0 fully saturated rings. The average molecular weight is 348 g/mol. The van der Waals surface area contributed by atoms with Crippen molar-refractivity contribution in [3.8, 4) is 11.5 Å². The van der Waals surface area contributed by atoms with Crippen molar-refractivity contribution in [1.29, 1.82) is 0 Å². The van der Waals surface area contributed by atoms with Gasteiger partial charge in [-0.3, -0.25) is 0 Å². The van der Waals surface area contributed by atoms with Crippen LogP contribution in [0.5, 0.6) is 11.5 Å². The molecule has 1 nitrogen and oxygen atoms in total. The Balaban J connectivity index is 2.01. The predicted octanol–water partition coefficient (Wildman–Crippen LogP) is 6.18. The Morgan fingerprint density at radius 3 is 2.50 bits per heavy atom. The van der Waals surface area contributed by atoms with Crippen molar-refractivity contribution in [2.24, 2.45) is 0 Å². The molecule has 0 atom stereocenters. The number of hydrogen-bond acceptors (Lipinski definition) is 1. The summed E-state index contributed by atoms with van der Waals surface area (Å²) in [6.45, 7) is 0. The van der Waals surface area contributed by atoms with E-state index >= 15 is 0 Å². The van der Waals surface area contributed by atoms with Gasteiger partial charge >= 0.3 is 0 Å². The van der Waals surface area contributed by atoms with E-state index in [0.29, 0.717) is 16.1 Å². The summed E-state index contributed by atoms with van der Waals surface area (Å²) in [5.74, 6) is 1.50. The van der Waals surface area contributed by atoms with Crippen LogP contribution < -0.4 is 4.74 Å². The molecule has 0 aliphatic rings. The summed E-state index contributed by atoms with van der Waals surface area (Å²) in [6, 6.07) is 20.0. The molecule has 0 amide bonds. The van der Waals surface area contributed by atoms with E-state index in [0.717, 1.165) is 16.7 Å². The lowest BCUT2D eigenvalue weighted by Gasteiger charge is -2.12. The molecule has 0 unspecified atom stereocenters. The smallest absolute Gasteiger partial charge is 0.150 e. The van der Waals surface area contributed by atoms with Crippen LogP contribution in [0.25, 0.3) is 10.8 Å². The van der Waals surface area contributed by atoms with E-state index in [4.69, 9.17) is 16.3 Å². The lowest BCUT2D eigenvalue weighted by atomic mass is 10.1. The number of halogens is 2. The molecule has 0 aromatic heterocycles. The van der Waals surface area contributed by atoms with Crippen molar-refractivity contribution < 1.29 is 4.74 Å². The van der Waals surface area contributed by atoms with Gasteiger partial charge < -0.3 is 4.74 Å². The summed E-state index contributed by atoms with van der Waals surface area (Å²) < 4.78 is 5.98. The van der Waals surface area contributed by atoms with E-state index in [-0.39, 0.29) is 0 Å². The highest BCUT2D eigenvalue weighted by atomic mass is 79.9. The summed E-state index contributed by atoms with van der Waals surface area (Å²) in [6.07, 6.45) is 0. The first kappa shape index (κ1) is 13.5. The van der Waals surface area contributed by atoms with Crippen LogP contribution in [0.3, 0.4) is 0 Å². The second-order valence-electron chi connectivity index (χ2n) is 4.47. The molecule has 0 saturated carbocycles. The van der Waals surface area contributed by atoms with Crippen LogP contribution in [-0.4, -0.2) is 0 Å². The lowest BCUT2D eigenvalue weighted by Crippen LogP contribution is -1.90. The largest absolute Gasteiger partial charge is 0.455 e. The van der Waals surface area contributed by atoms with Gasteiger partial charge in [-0.2, -0.15) is 0 Å². The molecule has 0 saturated heterocycles. The van der Waals surface area contributed by atoms with E-state index in [2.05, 4.69) is 34.1 Å². The molecule has 0 radical (unpaired) electrons. The number of para-hydroxylation sites is 1. The highest BCUT2D eigenvalue weighted by Gasteiger charge is 2.09. The van der Waals surface area contributed by atoms with Gasteiger partial charge in [0.25, 0.3) is 0 Å². The van der Waals surface area contributed by atoms with Gasteiger partial charge in [0.15, 0.2) is 0 Å². The predicted molar refractivity (Wildman–Crippen MR) is 88.1 cm³/mol. The second kappa shape index (κ2) is 5.86. The van der Waals surface area contributed by atoms with Gasteiger partial charge in [0, 0.05) is 10.9 Å². The van der Waals surface area contributed by atoms with Crippen molar-refractivity contribution >= 4 is 38.3 Å². The Hall–Kier alpha value is -1.51. The van der Waals surface area contributed by atoms with Crippen LogP contribution in [0.1, 0.15) is 5.56 Å². The number of rotatable bonds is 3. The van der Waals surface area contributed by atoms with E-state index in [1.54, 1.807) is 0 Å². The maximum atomic E-state index is 6.23. The first-order valence-electron chi connectivity index (χ1n) is 6.28. The molecule has 0 N–H and O–H groups in total. The topological polar surface area (TPSA) is 9.23 Å². The maximum Gasteiger partial charge on any atom is 0.150 e. The summed E-state index contributed by atoms with van der Waals surface area (Å²) in [5.41, 5.74) is 1.03. The maximum absolute atomic E-state index is 6.23. The standard InChI is InChI=1S/C17H12BrClO/c18-11-14-6-3-7-16(19)17(14)20-15-9-8-12-4-1-2-5-13(12)10-15/h1-10H,11H2. The molecule has 3 rings (SSSR count). The third-order valence-electron chi connectivity index (χ3n) is 3.13. The van der Waals surface area contributed by atoms with Crippen LogP contribution in [0.4, 0.5) is 0 Å². The summed E-state index contributed by atoms with van der Waals surface area (Å²) in [7, 11) is 0. The summed E-state index contributed by atoms with van der Waals surface area (Å²) in [5, 5.41) is 3.67. The fourth-order valence-corrected chi connectivity index (χ4v) is 2.80. The van der Waals surface area contributed by atoms with Crippen molar-refractivity contribution in [3.63, 3.8) is 0 Å². The van der Waals surface area contributed by atoms with Crippen LogP contribution in [0.15, 0.2) is 60.7 Å². The van der Waals surface area contributed by atoms with Gasteiger partial charge in [-0.15, -0.1) is 0 Å². The molecule has 3 aromatic carbocycles. The minimum absolute atomic E-state index is 0.620. The Morgan fingerprint density at radius 1 is 0.900 bits per heavy atom. The normalized spacial score (nSPS) is 10.7. The molecule has 20 heavy (non-hydrogen) atoms. The van der Waals surface area contributed by atoms with Crippen molar-refractivity contribution in [1.82, 2.24) is 0 Å². The van der Waals surface area contributed by atoms with Crippen LogP contribution in [0, 0.1) is 0 Å². The third-order valence-corrected chi connectivity index (χ3v) is 4.04. The molecule has 3 aromatic rings. The van der Waals surface area contributed by atoms with E-state index < -0.39 is 0 Å². The monoisotopic (exact) mass is 346 g/mol. The second-order valence-corrected chi connectivity index (χ2v) is 5.44. The van der Waals surface area contributed by atoms with Gasteiger partial charge in [0.1, 0.15) is 11.5 Å². The highest BCUT2D eigenvalue weighted by molar-refractivity contribution is 9.08. The Morgan fingerprint density at radius 2 is 1.70 bits per heavy atom. The summed E-state index contributed by atoms with van der Waals surface area (Å²) >= 11 is 9.69. The molecule has 0 aliphatic heterocycles. The number of benzene rings is 3. The highest BCUT2D eigenvalue weighted by Crippen LogP contribution is 2.35. The number of fused-ring (bicyclic) bond motifs is 1. The Labute approximate surface area is 131 Å². The van der Waals surface area contributed by atoms with E-state index in [1.807, 2.05) is 42.5 Å². The molecular weight excluding hydrogens is 336 g/mol. The minimum Gasteiger partial charge on any atom is -0.455 e. The Bertz CT molecular complexity index is 755. The van der Waals surface area contributed by atoms with Gasteiger partial charge in [-0.25, -0.2) is 0 Å². The first-order chi connectivity index (χ1) is 9.78. The third kappa shape index (κ3) is 2.67. The molecule has 3 heteroatoms. The fraction of sp³-hybridized carbons (Fsp3) is 0.0588. The van der Waals surface area contributed by atoms with Gasteiger partial charge in [0.2, 0.25) is 0 Å².